The van der Waals surface area contributed by atoms with E-state index in [1.165, 1.54) is 33.0 Å². The molecule has 0 spiro atoms. The number of nitrogens with zero attached hydrogens (tertiary/aromatic N) is 4. The second-order valence-corrected chi connectivity index (χ2v) is 15.6. The molecule has 0 N–H and O–H groups in total. The van der Waals surface area contributed by atoms with Crippen LogP contribution in [-0.2, 0) is 18.3 Å². The van der Waals surface area contributed by atoms with Gasteiger partial charge >= 0.3 is 0 Å². The number of rotatable bonds is 9. The van der Waals surface area contributed by atoms with E-state index in [-0.39, 0.29) is 5.41 Å². The van der Waals surface area contributed by atoms with Gasteiger partial charge in [0.25, 0.3) is 0 Å². The second-order valence-electron chi connectivity index (χ2n) is 15.6. The fourth-order valence-electron chi connectivity index (χ4n) is 7.16. The molecule has 3 heterocycles. The molecule has 0 aliphatic heterocycles. The van der Waals surface area contributed by atoms with E-state index in [1.807, 2.05) is 17.1 Å². The third-order valence-corrected chi connectivity index (χ3v) is 9.39. The molecule has 5 nitrogen and oxygen atoms in total. The van der Waals surface area contributed by atoms with E-state index >= 15 is 0 Å². The van der Waals surface area contributed by atoms with Crippen LogP contribution in [0.3, 0.4) is 0 Å². The molecule has 0 amide bonds. The number of aryl methyl sites for hydroxylation is 1. The van der Waals surface area contributed by atoms with Crippen LogP contribution in [0.4, 0.5) is 0 Å². The van der Waals surface area contributed by atoms with Gasteiger partial charge in [-0.3, -0.25) is 4.57 Å². The average Bonchev–Trinajstić information content (AvgIpc) is 3.67. The number of fused-ring (bicyclic) bond motifs is 3. The molecule has 7 aromatic rings. The third kappa shape index (κ3) is 6.69. The Kier molecular flexibility index (Phi) is 8.86. The van der Waals surface area contributed by atoms with E-state index in [1.54, 1.807) is 0 Å². The van der Waals surface area contributed by atoms with Crippen molar-refractivity contribution in [3.8, 4) is 34.1 Å². The van der Waals surface area contributed by atoms with Crippen molar-refractivity contribution in [1.29, 1.82) is 0 Å². The summed E-state index contributed by atoms with van der Waals surface area (Å²) in [6.45, 7) is 18.0. The molecule has 0 saturated carbocycles. The van der Waals surface area contributed by atoms with E-state index in [0.29, 0.717) is 11.8 Å². The maximum absolute atomic E-state index is 6.64. The van der Waals surface area contributed by atoms with Gasteiger partial charge in [-0.25, -0.2) is 9.67 Å². The molecule has 50 heavy (non-hydrogen) atoms. The van der Waals surface area contributed by atoms with Crippen molar-refractivity contribution in [3.63, 3.8) is 0 Å². The maximum Gasteiger partial charge on any atom is 0.137 e. The van der Waals surface area contributed by atoms with Crippen molar-refractivity contribution < 1.29 is 4.74 Å². The first-order valence-electron chi connectivity index (χ1n) is 17.9. The molecule has 5 heteroatoms. The number of pyridine rings is 1. The van der Waals surface area contributed by atoms with Crippen LogP contribution in [0, 0.1) is 18.8 Å². The third-order valence-electron chi connectivity index (χ3n) is 9.39. The molecule has 0 bridgehead atoms. The van der Waals surface area contributed by atoms with Gasteiger partial charge in [0.1, 0.15) is 17.3 Å². The number of benzene rings is 4. The number of hydrogen-bond acceptors (Lipinski definition) is 3. The summed E-state index contributed by atoms with van der Waals surface area (Å²) >= 11 is 0. The summed E-state index contributed by atoms with van der Waals surface area (Å²) in [5, 5.41) is 7.23. The highest BCUT2D eigenvalue weighted by molar-refractivity contribution is 6.09. The molecule has 0 fully saturated rings. The highest BCUT2D eigenvalue weighted by atomic mass is 16.5. The van der Waals surface area contributed by atoms with E-state index in [0.717, 1.165) is 58.0 Å². The Hall–Kier alpha value is -5.16. The number of hydrogen-bond donors (Lipinski definition) is 0. The summed E-state index contributed by atoms with van der Waals surface area (Å²) in [5.41, 5.74) is 10.8. The molecule has 0 unspecified atom stereocenters. The lowest BCUT2D eigenvalue weighted by atomic mass is 9.88. The highest BCUT2D eigenvalue weighted by Crippen LogP contribution is 2.37. The molecule has 0 radical (unpaired) electrons. The van der Waals surface area contributed by atoms with Gasteiger partial charge < -0.3 is 4.74 Å². The van der Waals surface area contributed by atoms with Crippen LogP contribution in [0.1, 0.15) is 70.7 Å². The number of ether oxygens (including phenoxy) is 1. The fraction of sp³-hybridized carbons (Fsp3) is 0.289. The summed E-state index contributed by atoms with van der Waals surface area (Å²) in [6, 6.07) is 32.3. The van der Waals surface area contributed by atoms with Crippen molar-refractivity contribution in [2.75, 3.05) is 0 Å². The maximum atomic E-state index is 6.64. The lowest BCUT2D eigenvalue weighted by Crippen LogP contribution is -2.12. The standard InChI is InChI=1S/C45H48N4O/c1-29(2)20-32-12-11-13-33(21-30(3)4)44(32)34-27-47-48(28-34)36-22-31(5)23-38(25-36)50-37-16-17-40-39-14-9-10-15-41(39)49(42(40)26-37)43-24-35(18-19-46-43)45(6,7)8/h9-19,22-30H,20-21H2,1-8H3. The predicted molar refractivity (Wildman–Crippen MR) is 208 cm³/mol. The first kappa shape index (κ1) is 33.3. The van der Waals surface area contributed by atoms with Gasteiger partial charge in [0.2, 0.25) is 0 Å². The van der Waals surface area contributed by atoms with E-state index in [2.05, 4.69) is 157 Å². The topological polar surface area (TPSA) is 44.9 Å². The smallest absolute Gasteiger partial charge is 0.137 e. The first-order valence-corrected chi connectivity index (χ1v) is 17.9. The van der Waals surface area contributed by atoms with E-state index in [9.17, 15) is 0 Å². The predicted octanol–water partition coefficient (Wildman–Crippen LogP) is 11.8. The molecule has 7 rings (SSSR count). The Morgan fingerprint density at radius 3 is 2.16 bits per heavy atom. The van der Waals surface area contributed by atoms with Gasteiger partial charge in [-0.05, 0) is 107 Å². The minimum atomic E-state index is 0.0107. The van der Waals surface area contributed by atoms with E-state index in [4.69, 9.17) is 14.8 Å². The Morgan fingerprint density at radius 1 is 0.720 bits per heavy atom. The van der Waals surface area contributed by atoms with Crippen LogP contribution < -0.4 is 4.74 Å². The van der Waals surface area contributed by atoms with Gasteiger partial charge in [0.05, 0.1) is 22.9 Å². The largest absolute Gasteiger partial charge is 0.457 e. The van der Waals surface area contributed by atoms with Crippen LogP contribution in [0.5, 0.6) is 11.5 Å². The molecule has 0 aliphatic rings. The molecule has 0 saturated heterocycles. The molecule has 3 aromatic heterocycles. The molecular formula is C45H48N4O. The van der Waals surface area contributed by atoms with Crippen molar-refractivity contribution in [3.05, 3.63) is 132 Å². The van der Waals surface area contributed by atoms with Crippen LogP contribution >= 0.6 is 0 Å². The Morgan fingerprint density at radius 2 is 1.44 bits per heavy atom. The zero-order valence-electron chi connectivity index (χ0n) is 30.7. The minimum absolute atomic E-state index is 0.0107. The highest BCUT2D eigenvalue weighted by Gasteiger charge is 2.19. The lowest BCUT2D eigenvalue weighted by molar-refractivity contribution is 0.482. The van der Waals surface area contributed by atoms with Crippen molar-refractivity contribution in [1.82, 2.24) is 19.3 Å². The molecule has 254 valence electrons. The summed E-state index contributed by atoms with van der Waals surface area (Å²) in [5.74, 6) is 3.58. The SMILES string of the molecule is Cc1cc(Oc2ccc3c4ccccc4n(-c4cc(C(C)(C)C)ccn4)c3c2)cc(-n2cc(-c3c(CC(C)C)cccc3CC(C)C)cn2)c1. The summed E-state index contributed by atoms with van der Waals surface area (Å²) < 4.78 is 10.9. The summed E-state index contributed by atoms with van der Waals surface area (Å²) in [4.78, 5) is 4.84. The Labute approximate surface area is 296 Å². The number of aromatic nitrogens is 4. The zero-order valence-corrected chi connectivity index (χ0v) is 30.7. The second kappa shape index (κ2) is 13.3. The number of para-hydroxylation sites is 1. The van der Waals surface area contributed by atoms with Crippen LogP contribution in [0.25, 0.3) is 44.4 Å². The average molecular weight is 661 g/mol. The molecule has 4 aromatic carbocycles. The first-order chi connectivity index (χ1) is 23.9. The van der Waals surface area contributed by atoms with Crippen LogP contribution in [-0.4, -0.2) is 19.3 Å². The van der Waals surface area contributed by atoms with Crippen molar-refractivity contribution in [2.24, 2.45) is 11.8 Å². The molecular weight excluding hydrogens is 613 g/mol. The van der Waals surface area contributed by atoms with Gasteiger partial charge in [0, 0.05) is 40.9 Å². The van der Waals surface area contributed by atoms with Crippen molar-refractivity contribution in [2.45, 2.75) is 73.6 Å². The fourth-order valence-corrected chi connectivity index (χ4v) is 7.16. The monoisotopic (exact) mass is 660 g/mol. The Balaban J connectivity index is 1.26. The van der Waals surface area contributed by atoms with Gasteiger partial charge in [-0.2, -0.15) is 5.10 Å². The van der Waals surface area contributed by atoms with Gasteiger partial charge in [-0.15, -0.1) is 0 Å². The van der Waals surface area contributed by atoms with Gasteiger partial charge in [0.15, 0.2) is 0 Å². The van der Waals surface area contributed by atoms with Crippen LogP contribution in [0.2, 0.25) is 0 Å². The Bertz CT molecular complexity index is 2290. The molecule has 0 aliphatic carbocycles. The van der Waals surface area contributed by atoms with Gasteiger partial charge in [-0.1, -0.05) is 84.9 Å². The lowest BCUT2D eigenvalue weighted by Gasteiger charge is -2.20. The zero-order chi connectivity index (χ0) is 35.2. The normalized spacial score (nSPS) is 12.1. The van der Waals surface area contributed by atoms with E-state index < -0.39 is 0 Å². The molecule has 0 atom stereocenters. The van der Waals surface area contributed by atoms with Crippen LogP contribution in [0.15, 0.2) is 110 Å². The van der Waals surface area contributed by atoms with Crippen molar-refractivity contribution >= 4 is 21.8 Å². The summed E-state index contributed by atoms with van der Waals surface area (Å²) in [7, 11) is 0. The minimum Gasteiger partial charge on any atom is -0.457 e. The quantitative estimate of drug-likeness (QED) is 0.155. The summed E-state index contributed by atoms with van der Waals surface area (Å²) in [6.07, 6.45) is 8.18.